The molecule has 0 aromatic heterocycles. The summed E-state index contributed by atoms with van der Waals surface area (Å²) in [5.41, 5.74) is 0. The molecule has 4 nitrogen and oxygen atoms in total. The van der Waals surface area contributed by atoms with Crippen LogP contribution in [0.3, 0.4) is 0 Å². The van der Waals surface area contributed by atoms with Crippen LogP contribution in [0, 0.1) is 0 Å². The molecule has 1 saturated heterocycles. The van der Waals surface area contributed by atoms with Gasteiger partial charge in [0.1, 0.15) is 6.04 Å². The smallest absolute Gasteiger partial charge is 0.322 e. The van der Waals surface area contributed by atoms with Crippen molar-refractivity contribution in [2.75, 3.05) is 19.6 Å². The van der Waals surface area contributed by atoms with E-state index < -0.39 is 12.0 Å². The molecule has 0 bridgehead atoms. The van der Waals surface area contributed by atoms with E-state index in [1.807, 2.05) is 0 Å². The van der Waals surface area contributed by atoms with Gasteiger partial charge in [-0.05, 0) is 25.9 Å². The average Bonchev–Trinajstić information content (AvgIpc) is 2.47. The summed E-state index contributed by atoms with van der Waals surface area (Å²) in [5.74, 6) is -0.739. The van der Waals surface area contributed by atoms with Crippen LogP contribution in [-0.4, -0.2) is 36.8 Å². The zero-order chi connectivity index (χ0) is 15.2. The fourth-order valence-electron chi connectivity index (χ4n) is 2.91. The van der Waals surface area contributed by atoms with E-state index in [1.165, 1.54) is 64.2 Å². The van der Waals surface area contributed by atoms with Gasteiger partial charge < -0.3 is 15.7 Å². The first-order chi connectivity index (χ1) is 10.3. The van der Waals surface area contributed by atoms with Crippen LogP contribution < -0.4 is 10.6 Å². The van der Waals surface area contributed by atoms with Gasteiger partial charge in [-0.3, -0.25) is 4.79 Å². The first-order valence-corrected chi connectivity index (χ1v) is 8.97. The predicted octanol–water partition coefficient (Wildman–Crippen LogP) is 3.31. The molecule has 0 spiro atoms. The van der Waals surface area contributed by atoms with Gasteiger partial charge in [-0.15, -0.1) is 0 Å². The first-order valence-electron chi connectivity index (χ1n) is 8.97. The first kappa shape index (κ1) is 18.4. The van der Waals surface area contributed by atoms with Crippen LogP contribution in [-0.2, 0) is 4.79 Å². The van der Waals surface area contributed by atoms with Gasteiger partial charge in [0, 0.05) is 6.54 Å². The average molecular weight is 298 g/mol. The van der Waals surface area contributed by atoms with Gasteiger partial charge in [0.05, 0.1) is 0 Å². The largest absolute Gasteiger partial charge is 0.480 e. The van der Waals surface area contributed by atoms with E-state index in [1.54, 1.807) is 0 Å². The van der Waals surface area contributed by atoms with Crippen LogP contribution in [0.2, 0.25) is 0 Å². The van der Waals surface area contributed by atoms with Gasteiger partial charge in [0.2, 0.25) is 0 Å². The molecule has 0 aromatic carbocycles. The standard InChI is InChI=1S/C17H34N2O2/c20-17(21)16-15-18-13-11-9-7-5-3-1-2-4-6-8-10-12-14-19-16/h16,18-19H,1-15H2,(H,20,21). The summed E-state index contributed by atoms with van der Waals surface area (Å²) in [6.07, 6.45) is 15.6. The molecular weight excluding hydrogens is 264 g/mol. The van der Waals surface area contributed by atoms with E-state index in [4.69, 9.17) is 0 Å². The molecule has 21 heavy (non-hydrogen) atoms. The van der Waals surface area contributed by atoms with E-state index in [9.17, 15) is 9.90 Å². The molecule has 0 amide bonds. The van der Waals surface area contributed by atoms with Gasteiger partial charge >= 0.3 is 5.97 Å². The maximum absolute atomic E-state index is 11.2. The van der Waals surface area contributed by atoms with Crippen molar-refractivity contribution in [2.24, 2.45) is 0 Å². The predicted molar refractivity (Wildman–Crippen MR) is 87.7 cm³/mol. The highest BCUT2D eigenvalue weighted by atomic mass is 16.4. The summed E-state index contributed by atoms with van der Waals surface area (Å²) in [5, 5.41) is 15.6. The lowest BCUT2D eigenvalue weighted by atomic mass is 10.0. The molecule has 1 fully saturated rings. The molecule has 1 aliphatic heterocycles. The number of rotatable bonds is 1. The topological polar surface area (TPSA) is 61.4 Å². The van der Waals surface area contributed by atoms with Gasteiger partial charge in [-0.2, -0.15) is 0 Å². The van der Waals surface area contributed by atoms with Crippen molar-refractivity contribution in [3.8, 4) is 0 Å². The van der Waals surface area contributed by atoms with Gasteiger partial charge in [0.15, 0.2) is 0 Å². The SMILES string of the molecule is O=C(O)C1CNCCCCCCCCCCCCCCN1. The lowest BCUT2D eigenvalue weighted by molar-refractivity contribution is -0.139. The highest BCUT2D eigenvalue weighted by Crippen LogP contribution is 2.11. The minimum absolute atomic E-state index is 0.441. The van der Waals surface area contributed by atoms with Crippen LogP contribution in [0.15, 0.2) is 0 Å². The van der Waals surface area contributed by atoms with Crippen LogP contribution in [0.4, 0.5) is 0 Å². The maximum Gasteiger partial charge on any atom is 0.322 e. The molecule has 1 heterocycles. The third kappa shape index (κ3) is 10.7. The lowest BCUT2D eigenvalue weighted by Crippen LogP contribution is -2.45. The monoisotopic (exact) mass is 298 g/mol. The van der Waals surface area contributed by atoms with Crippen LogP contribution in [0.5, 0.6) is 0 Å². The molecule has 0 saturated carbocycles. The van der Waals surface area contributed by atoms with Crippen LogP contribution in [0.25, 0.3) is 0 Å². The van der Waals surface area contributed by atoms with Crippen molar-refractivity contribution in [3.05, 3.63) is 0 Å². The summed E-state index contributed by atoms with van der Waals surface area (Å²) in [6, 6.07) is -0.441. The number of hydrogen-bond donors (Lipinski definition) is 3. The molecule has 124 valence electrons. The third-order valence-electron chi connectivity index (χ3n) is 4.32. The molecular formula is C17H34N2O2. The van der Waals surface area contributed by atoms with Crippen molar-refractivity contribution in [1.82, 2.24) is 10.6 Å². The summed E-state index contributed by atoms with van der Waals surface area (Å²) >= 11 is 0. The fourth-order valence-corrected chi connectivity index (χ4v) is 2.91. The third-order valence-corrected chi connectivity index (χ3v) is 4.32. The minimum atomic E-state index is -0.739. The number of aliphatic carboxylic acids is 1. The quantitative estimate of drug-likeness (QED) is 0.695. The zero-order valence-corrected chi connectivity index (χ0v) is 13.5. The molecule has 3 N–H and O–H groups in total. The molecule has 1 atom stereocenters. The van der Waals surface area contributed by atoms with Gasteiger partial charge in [-0.25, -0.2) is 0 Å². The number of nitrogens with one attached hydrogen (secondary N) is 2. The summed E-state index contributed by atoms with van der Waals surface area (Å²) in [7, 11) is 0. The Balaban J connectivity index is 2.23. The summed E-state index contributed by atoms with van der Waals surface area (Å²) < 4.78 is 0. The summed E-state index contributed by atoms with van der Waals surface area (Å²) in [6.45, 7) is 2.29. The van der Waals surface area contributed by atoms with E-state index in [0.717, 1.165) is 25.9 Å². The van der Waals surface area contributed by atoms with E-state index in [-0.39, 0.29) is 0 Å². The van der Waals surface area contributed by atoms with Gasteiger partial charge in [0.25, 0.3) is 0 Å². The molecule has 0 aromatic rings. The van der Waals surface area contributed by atoms with Crippen LogP contribution in [0.1, 0.15) is 77.0 Å². The van der Waals surface area contributed by atoms with Crippen molar-refractivity contribution in [3.63, 3.8) is 0 Å². The maximum atomic E-state index is 11.2. The number of hydrogen-bond acceptors (Lipinski definition) is 3. The Hall–Kier alpha value is -0.610. The number of carboxylic acids is 1. The Labute approximate surface area is 130 Å². The number of carbonyl (C=O) groups is 1. The molecule has 1 unspecified atom stereocenters. The van der Waals surface area contributed by atoms with E-state index in [2.05, 4.69) is 10.6 Å². The van der Waals surface area contributed by atoms with Crippen molar-refractivity contribution >= 4 is 5.97 Å². The van der Waals surface area contributed by atoms with Crippen LogP contribution >= 0.6 is 0 Å². The Kier molecular flexibility index (Phi) is 11.5. The fraction of sp³-hybridized carbons (Fsp3) is 0.941. The molecule has 1 aliphatic rings. The Morgan fingerprint density at radius 3 is 1.62 bits per heavy atom. The Bertz CT molecular complexity index is 241. The Morgan fingerprint density at radius 2 is 1.14 bits per heavy atom. The van der Waals surface area contributed by atoms with Gasteiger partial charge in [-0.1, -0.05) is 64.2 Å². The highest BCUT2D eigenvalue weighted by Gasteiger charge is 2.15. The molecule has 0 aliphatic carbocycles. The lowest BCUT2D eigenvalue weighted by Gasteiger charge is -2.15. The zero-order valence-electron chi connectivity index (χ0n) is 13.5. The highest BCUT2D eigenvalue weighted by molar-refractivity contribution is 5.73. The van der Waals surface area contributed by atoms with E-state index >= 15 is 0 Å². The Morgan fingerprint density at radius 1 is 0.714 bits per heavy atom. The second-order valence-electron chi connectivity index (χ2n) is 6.29. The molecule has 1 rings (SSSR count). The van der Waals surface area contributed by atoms with E-state index in [0.29, 0.717) is 6.54 Å². The van der Waals surface area contributed by atoms with Crippen molar-refractivity contribution in [2.45, 2.75) is 83.1 Å². The van der Waals surface area contributed by atoms with Crippen molar-refractivity contribution < 1.29 is 9.90 Å². The molecule has 0 radical (unpaired) electrons. The summed E-state index contributed by atoms with van der Waals surface area (Å²) in [4.78, 5) is 11.2. The second-order valence-corrected chi connectivity index (χ2v) is 6.29. The second kappa shape index (κ2) is 13.1. The number of carboxylic acid groups (broad SMARTS) is 1. The molecule has 4 heteroatoms. The normalized spacial score (nSPS) is 25.6. The van der Waals surface area contributed by atoms with Crippen molar-refractivity contribution in [1.29, 1.82) is 0 Å². The minimum Gasteiger partial charge on any atom is -0.480 e.